The molecule has 0 aliphatic heterocycles. The molecule has 0 bridgehead atoms. The van der Waals surface area contributed by atoms with Gasteiger partial charge in [0.25, 0.3) is 5.56 Å². The van der Waals surface area contributed by atoms with Gasteiger partial charge < -0.3 is 9.73 Å². The van der Waals surface area contributed by atoms with E-state index in [9.17, 15) is 14.4 Å². The van der Waals surface area contributed by atoms with Crippen LogP contribution in [0.1, 0.15) is 31.0 Å². The molecule has 0 saturated carbocycles. The second-order valence-electron chi connectivity index (χ2n) is 7.71. The Balaban J connectivity index is 1.89. The zero-order valence-electron chi connectivity index (χ0n) is 17.4. The minimum atomic E-state index is -0.537. The molecule has 0 spiro atoms. The molecular formula is C23H23N3O4. The predicted molar refractivity (Wildman–Crippen MR) is 117 cm³/mol. The van der Waals surface area contributed by atoms with E-state index >= 15 is 0 Å². The van der Waals surface area contributed by atoms with Crippen LogP contribution in [0.5, 0.6) is 0 Å². The lowest BCUT2D eigenvalue weighted by Crippen LogP contribution is -2.42. The van der Waals surface area contributed by atoms with E-state index in [0.717, 1.165) is 15.7 Å². The number of para-hydroxylation sites is 1. The van der Waals surface area contributed by atoms with Crippen molar-refractivity contribution < 1.29 is 9.21 Å². The van der Waals surface area contributed by atoms with E-state index in [1.54, 1.807) is 38.1 Å². The van der Waals surface area contributed by atoms with Crippen molar-refractivity contribution in [2.75, 3.05) is 5.32 Å². The molecule has 1 amide bonds. The highest BCUT2D eigenvalue weighted by molar-refractivity contribution is 6.03. The van der Waals surface area contributed by atoms with Gasteiger partial charge in [0.15, 0.2) is 0 Å². The maximum absolute atomic E-state index is 13.2. The molecule has 2 aromatic heterocycles. The molecule has 2 heterocycles. The molecule has 0 atom stereocenters. The fraction of sp³-hybridized carbons (Fsp3) is 0.261. The smallest absolute Gasteiger partial charge is 0.332 e. The lowest BCUT2D eigenvalue weighted by atomic mass is 10.1. The Bertz CT molecular complexity index is 1410. The second-order valence-corrected chi connectivity index (χ2v) is 7.71. The SMILES string of the molecule is Cc1cccc(NC(=O)Cn2c(=O)n(C(C)C)c(=O)c3oc4ccccc4c32)c1C. The molecule has 7 heteroatoms. The first-order valence-electron chi connectivity index (χ1n) is 9.82. The van der Waals surface area contributed by atoms with Crippen LogP contribution in [-0.4, -0.2) is 15.0 Å². The van der Waals surface area contributed by atoms with Crippen LogP contribution in [0.3, 0.4) is 0 Å². The van der Waals surface area contributed by atoms with Crippen molar-refractivity contribution in [3.63, 3.8) is 0 Å². The average Bonchev–Trinajstić information content (AvgIpc) is 3.08. The van der Waals surface area contributed by atoms with Crippen molar-refractivity contribution >= 4 is 33.7 Å². The number of aryl methyl sites for hydroxylation is 1. The van der Waals surface area contributed by atoms with E-state index in [4.69, 9.17) is 4.42 Å². The summed E-state index contributed by atoms with van der Waals surface area (Å²) < 4.78 is 8.22. The molecule has 0 radical (unpaired) electrons. The largest absolute Gasteiger partial charge is 0.449 e. The normalized spacial score (nSPS) is 11.5. The Morgan fingerprint density at radius 2 is 1.80 bits per heavy atom. The highest BCUT2D eigenvalue weighted by Crippen LogP contribution is 2.26. The maximum Gasteiger partial charge on any atom is 0.332 e. The van der Waals surface area contributed by atoms with Crippen molar-refractivity contribution in [2.45, 2.75) is 40.3 Å². The van der Waals surface area contributed by atoms with E-state index in [1.165, 1.54) is 4.57 Å². The number of nitrogens with one attached hydrogen (secondary N) is 1. The molecule has 0 unspecified atom stereocenters. The number of amides is 1. The van der Waals surface area contributed by atoms with E-state index in [-0.39, 0.29) is 24.1 Å². The third-order valence-electron chi connectivity index (χ3n) is 5.39. The summed E-state index contributed by atoms with van der Waals surface area (Å²) in [5, 5.41) is 3.50. The molecular weight excluding hydrogens is 382 g/mol. The van der Waals surface area contributed by atoms with Gasteiger partial charge in [0, 0.05) is 17.1 Å². The van der Waals surface area contributed by atoms with Crippen LogP contribution in [0.15, 0.2) is 56.5 Å². The van der Waals surface area contributed by atoms with Gasteiger partial charge in [-0.25, -0.2) is 4.79 Å². The topological polar surface area (TPSA) is 86.2 Å². The number of carbonyl (C=O) groups is 1. The number of carbonyl (C=O) groups excluding carboxylic acids is 1. The van der Waals surface area contributed by atoms with Gasteiger partial charge in [0.1, 0.15) is 17.6 Å². The fourth-order valence-electron chi connectivity index (χ4n) is 3.69. The van der Waals surface area contributed by atoms with Crippen LogP contribution in [0.4, 0.5) is 5.69 Å². The van der Waals surface area contributed by atoms with Crippen LogP contribution in [0.25, 0.3) is 22.1 Å². The third kappa shape index (κ3) is 3.12. The van der Waals surface area contributed by atoms with Crippen molar-refractivity contribution in [2.24, 2.45) is 0 Å². The summed E-state index contributed by atoms with van der Waals surface area (Å²) in [6.07, 6.45) is 0. The van der Waals surface area contributed by atoms with Crippen LogP contribution >= 0.6 is 0 Å². The Hall–Kier alpha value is -3.61. The maximum atomic E-state index is 13.2. The summed E-state index contributed by atoms with van der Waals surface area (Å²) in [7, 11) is 0. The molecule has 154 valence electrons. The zero-order chi connectivity index (χ0) is 21.6. The lowest BCUT2D eigenvalue weighted by molar-refractivity contribution is -0.116. The van der Waals surface area contributed by atoms with E-state index in [2.05, 4.69) is 5.32 Å². The molecule has 30 heavy (non-hydrogen) atoms. The van der Waals surface area contributed by atoms with Crippen molar-refractivity contribution in [1.82, 2.24) is 9.13 Å². The first-order chi connectivity index (χ1) is 14.3. The molecule has 7 nitrogen and oxygen atoms in total. The summed E-state index contributed by atoms with van der Waals surface area (Å²) in [5.74, 6) is -0.355. The number of benzene rings is 2. The number of nitrogens with zero attached hydrogens (tertiary/aromatic N) is 2. The molecule has 0 aliphatic rings. The van der Waals surface area contributed by atoms with Gasteiger partial charge in [-0.1, -0.05) is 24.3 Å². The van der Waals surface area contributed by atoms with Gasteiger partial charge in [-0.15, -0.1) is 0 Å². The van der Waals surface area contributed by atoms with Gasteiger partial charge in [-0.3, -0.25) is 18.7 Å². The summed E-state index contributed by atoms with van der Waals surface area (Å²) in [4.78, 5) is 39.0. The number of fused-ring (bicyclic) bond motifs is 3. The molecule has 0 fully saturated rings. The minimum absolute atomic E-state index is 0.0732. The molecule has 4 aromatic rings. The van der Waals surface area contributed by atoms with Gasteiger partial charge in [-0.05, 0) is 57.0 Å². The number of rotatable bonds is 4. The monoisotopic (exact) mass is 405 g/mol. The van der Waals surface area contributed by atoms with Gasteiger partial charge in [0.05, 0.1) is 0 Å². The van der Waals surface area contributed by atoms with Gasteiger partial charge in [0.2, 0.25) is 11.5 Å². The van der Waals surface area contributed by atoms with Crippen LogP contribution in [-0.2, 0) is 11.3 Å². The van der Waals surface area contributed by atoms with Crippen LogP contribution in [0, 0.1) is 13.8 Å². The number of anilines is 1. The Morgan fingerprint density at radius 1 is 1.07 bits per heavy atom. The summed E-state index contributed by atoms with van der Waals surface area (Å²) in [6.45, 7) is 7.15. The van der Waals surface area contributed by atoms with Crippen molar-refractivity contribution in [3.8, 4) is 0 Å². The standard InChI is InChI=1S/C23H23N3O4/c1-13(2)26-22(28)21-20(16-9-5-6-11-18(16)30-21)25(23(26)29)12-19(27)24-17-10-7-8-14(3)15(17)4/h5-11,13H,12H2,1-4H3,(H,24,27). The Kier molecular flexibility index (Phi) is 4.81. The number of furan rings is 1. The molecule has 0 aliphatic carbocycles. The molecule has 4 rings (SSSR count). The predicted octanol–water partition coefficient (Wildman–Crippen LogP) is 3.75. The highest BCUT2D eigenvalue weighted by Gasteiger charge is 2.22. The van der Waals surface area contributed by atoms with Crippen molar-refractivity contribution in [1.29, 1.82) is 0 Å². The number of hydrogen-bond acceptors (Lipinski definition) is 4. The van der Waals surface area contributed by atoms with E-state index < -0.39 is 11.2 Å². The first-order valence-corrected chi connectivity index (χ1v) is 9.82. The average molecular weight is 405 g/mol. The first kappa shape index (κ1) is 19.7. The Labute approximate surface area is 172 Å². The zero-order valence-corrected chi connectivity index (χ0v) is 17.4. The van der Waals surface area contributed by atoms with E-state index in [0.29, 0.717) is 22.2 Å². The fourth-order valence-corrected chi connectivity index (χ4v) is 3.69. The van der Waals surface area contributed by atoms with Gasteiger partial charge in [-0.2, -0.15) is 0 Å². The quantitative estimate of drug-likeness (QED) is 0.560. The molecule has 2 aromatic carbocycles. The second kappa shape index (κ2) is 7.33. The molecule has 0 saturated heterocycles. The van der Waals surface area contributed by atoms with Gasteiger partial charge >= 0.3 is 5.69 Å². The lowest BCUT2D eigenvalue weighted by Gasteiger charge is -2.15. The number of aromatic nitrogens is 2. The number of hydrogen-bond donors (Lipinski definition) is 1. The summed E-state index contributed by atoms with van der Waals surface area (Å²) >= 11 is 0. The summed E-state index contributed by atoms with van der Waals surface area (Å²) in [6, 6.07) is 12.4. The van der Waals surface area contributed by atoms with Crippen LogP contribution < -0.4 is 16.6 Å². The summed E-state index contributed by atoms with van der Waals surface area (Å²) in [5.41, 5.74) is 2.59. The minimum Gasteiger partial charge on any atom is -0.449 e. The van der Waals surface area contributed by atoms with Crippen molar-refractivity contribution in [3.05, 3.63) is 74.4 Å². The molecule has 1 N–H and O–H groups in total. The third-order valence-corrected chi connectivity index (χ3v) is 5.39. The highest BCUT2D eigenvalue weighted by atomic mass is 16.3. The van der Waals surface area contributed by atoms with Crippen LogP contribution in [0.2, 0.25) is 0 Å². The Morgan fingerprint density at radius 3 is 2.53 bits per heavy atom. The van der Waals surface area contributed by atoms with E-state index in [1.807, 2.05) is 32.0 Å².